The van der Waals surface area contributed by atoms with Gasteiger partial charge in [0, 0.05) is 27.9 Å². The maximum absolute atomic E-state index is 8.23. The SMILES string of the molecule is CC(C)c1cc(C(C)C)c(-c2ccccc2[P+](Cl)(C2CCCCC2)C2CCCCC2)c(C(C)C)c1.[Au]. The summed E-state index contributed by atoms with van der Waals surface area (Å²) in [7, 11) is 0. The predicted octanol–water partition coefficient (Wildman–Crippen LogP) is 11.2. The number of hydrogen-bond donors (Lipinski definition) is 0. The van der Waals surface area contributed by atoms with Crippen LogP contribution in [0.25, 0.3) is 11.1 Å². The van der Waals surface area contributed by atoms with Gasteiger partial charge in [0.05, 0.1) is 22.6 Å². The van der Waals surface area contributed by atoms with E-state index >= 15 is 0 Å². The van der Waals surface area contributed by atoms with E-state index in [0.717, 1.165) is 0 Å². The van der Waals surface area contributed by atoms with Crippen LogP contribution < -0.4 is 5.30 Å². The average Bonchev–Trinajstić information content (AvgIpc) is 2.88. The Morgan fingerprint density at radius 1 is 0.667 bits per heavy atom. The minimum Gasteiger partial charge on any atom is -0.0614 e. The quantitative estimate of drug-likeness (QED) is 0.198. The summed E-state index contributed by atoms with van der Waals surface area (Å²) in [5.41, 5.74) is 8.88. The minimum atomic E-state index is -1.83. The van der Waals surface area contributed by atoms with Crippen molar-refractivity contribution < 1.29 is 22.4 Å². The van der Waals surface area contributed by atoms with Crippen molar-refractivity contribution in [2.75, 3.05) is 0 Å². The van der Waals surface area contributed by atoms with E-state index in [1.165, 1.54) is 92.0 Å². The van der Waals surface area contributed by atoms with E-state index in [1.807, 2.05) is 0 Å². The van der Waals surface area contributed by atoms with Crippen LogP contribution >= 0.6 is 17.9 Å². The van der Waals surface area contributed by atoms with Gasteiger partial charge in [-0.3, -0.25) is 0 Å². The summed E-state index contributed by atoms with van der Waals surface area (Å²) in [6.07, 6.45) is 13.6. The first kappa shape index (κ1) is 30.4. The van der Waals surface area contributed by atoms with Crippen LogP contribution in [0.1, 0.15) is 140 Å². The molecule has 0 aliphatic heterocycles. The maximum atomic E-state index is 8.23. The zero-order valence-corrected chi connectivity index (χ0v) is 27.4. The van der Waals surface area contributed by atoms with Crippen molar-refractivity contribution in [3.8, 4) is 11.1 Å². The van der Waals surface area contributed by atoms with Crippen molar-refractivity contribution in [2.24, 2.45) is 0 Å². The van der Waals surface area contributed by atoms with Crippen molar-refractivity contribution >= 4 is 23.2 Å². The topological polar surface area (TPSA) is 0 Å². The van der Waals surface area contributed by atoms with Crippen molar-refractivity contribution in [3.05, 3.63) is 53.1 Å². The molecule has 2 aromatic carbocycles. The van der Waals surface area contributed by atoms with Crippen molar-refractivity contribution in [2.45, 2.75) is 135 Å². The molecule has 2 aliphatic carbocycles. The molecule has 0 aromatic heterocycles. The molecule has 0 amide bonds. The largest absolute Gasteiger partial charge is 0.152 e. The Bertz CT molecular complexity index is 936. The number of rotatable bonds is 7. The van der Waals surface area contributed by atoms with Gasteiger partial charge in [0.1, 0.15) is 5.30 Å². The minimum absolute atomic E-state index is 0. The van der Waals surface area contributed by atoms with Crippen molar-refractivity contribution in [3.63, 3.8) is 0 Å². The Balaban J connectivity index is 0.00000361. The summed E-state index contributed by atoms with van der Waals surface area (Å²) < 4.78 is 0. The molecule has 0 atom stereocenters. The fourth-order valence-corrected chi connectivity index (χ4v) is 13.0. The molecule has 0 bridgehead atoms. The van der Waals surface area contributed by atoms with Crippen LogP contribution in [-0.4, -0.2) is 11.3 Å². The van der Waals surface area contributed by atoms with Gasteiger partial charge in [-0.05, 0) is 97.4 Å². The zero-order valence-electron chi connectivity index (χ0n) is 23.5. The third kappa shape index (κ3) is 6.21. The Labute approximate surface area is 243 Å². The molecule has 0 heterocycles. The molecule has 0 spiro atoms. The van der Waals surface area contributed by atoms with Gasteiger partial charge in [-0.15, -0.1) is 0 Å². The summed E-state index contributed by atoms with van der Waals surface area (Å²) >= 11 is 8.23. The fraction of sp³-hybridized carbons (Fsp3) is 0.636. The smallest absolute Gasteiger partial charge is 0.0614 e. The van der Waals surface area contributed by atoms with Crippen LogP contribution in [0.5, 0.6) is 0 Å². The molecule has 0 saturated heterocycles. The molecule has 4 rings (SSSR count). The number of hydrogen-bond acceptors (Lipinski definition) is 0. The molecular weight excluding hydrogens is 660 g/mol. The number of benzene rings is 2. The van der Waals surface area contributed by atoms with Gasteiger partial charge >= 0.3 is 0 Å². The van der Waals surface area contributed by atoms with Crippen LogP contribution in [0.15, 0.2) is 36.4 Å². The van der Waals surface area contributed by atoms with E-state index in [4.69, 9.17) is 11.2 Å². The molecule has 1 radical (unpaired) electrons. The second-order valence-electron chi connectivity index (χ2n) is 12.3. The monoisotopic (exact) mass is 708 g/mol. The molecule has 2 aliphatic rings. The molecular formula is C33H49AuClP+. The van der Waals surface area contributed by atoms with E-state index in [-0.39, 0.29) is 22.4 Å². The van der Waals surface area contributed by atoms with Crippen LogP contribution in [0.2, 0.25) is 0 Å². The second-order valence-corrected chi connectivity index (χ2v) is 17.3. The van der Waals surface area contributed by atoms with Crippen LogP contribution in [0.3, 0.4) is 0 Å². The van der Waals surface area contributed by atoms with Gasteiger partial charge in [-0.1, -0.05) is 84.7 Å². The van der Waals surface area contributed by atoms with Gasteiger partial charge in [0.15, 0.2) is 6.62 Å². The van der Waals surface area contributed by atoms with Crippen LogP contribution in [0.4, 0.5) is 0 Å². The first-order valence-corrected chi connectivity index (χ1v) is 17.4. The van der Waals surface area contributed by atoms with E-state index in [0.29, 0.717) is 29.1 Å². The molecule has 0 nitrogen and oxygen atoms in total. The van der Waals surface area contributed by atoms with Gasteiger partial charge in [-0.25, -0.2) is 0 Å². The maximum Gasteiger partial charge on any atom is 0.152 e. The summed E-state index contributed by atoms with van der Waals surface area (Å²) in [6, 6.07) is 14.5. The van der Waals surface area contributed by atoms with Crippen molar-refractivity contribution in [1.82, 2.24) is 0 Å². The Kier molecular flexibility index (Phi) is 11.3. The predicted molar refractivity (Wildman–Crippen MR) is 160 cm³/mol. The fourth-order valence-electron chi connectivity index (χ4n) is 6.86. The van der Waals surface area contributed by atoms with Gasteiger partial charge in [-0.2, -0.15) is 0 Å². The molecule has 2 fully saturated rings. The molecule has 0 unspecified atom stereocenters. The van der Waals surface area contributed by atoms with Crippen molar-refractivity contribution in [1.29, 1.82) is 0 Å². The third-order valence-corrected chi connectivity index (χ3v) is 15.4. The molecule has 0 N–H and O–H groups in total. The summed E-state index contributed by atoms with van der Waals surface area (Å²) in [4.78, 5) is 0. The average molecular weight is 709 g/mol. The Morgan fingerprint density at radius 2 is 1.11 bits per heavy atom. The zero-order chi connectivity index (χ0) is 25.2. The van der Waals surface area contributed by atoms with E-state index in [9.17, 15) is 0 Å². The molecule has 203 valence electrons. The summed E-state index contributed by atoms with van der Waals surface area (Å²) in [6.45, 7) is 12.3. The first-order valence-electron chi connectivity index (χ1n) is 14.6. The van der Waals surface area contributed by atoms with E-state index < -0.39 is 6.62 Å². The van der Waals surface area contributed by atoms with E-state index in [1.54, 1.807) is 5.30 Å². The third-order valence-electron chi connectivity index (χ3n) is 8.89. The number of halogens is 1. The molecule has 3 heteroatoms. The Hall–Kier alpha value is -0.0997. The standard InChI is InChI=1S/C33H49ClP.Au/c1-23(2)26-21-30(24(3)4)33(31(22-26)25(5)6)29-19-13-14-20-32(29)35(34,27-15-9-7-10-16-27)28-17-11-8-12-18-28;/h13-14,19-25,27-28H,7-12,15-18H2,1-6H3;/q+1;. The van der Waals surface area contributed by atoms with Gasteiger partial charge in [0.25, 0.3) is 0 Å². The second kappa shape index (κ2) is 13.3. The normalized spacial score (nSPS) is 18.2. The first-order chi connectivity index (χ1) is 16.7. The summed E-state index contributed by atoms with van der Waals surface area (Å²) in [5.74, 6) is 1.52. The summed E-state index contributed by atoms with van der Waals surface area (Å²) in [5, 5.41) is 1.54. The van der Waals surface area contributed by atoms with Gasteiger partial charge in [0.2, 0.25) is 0 Å². The molecule has 2 saturated carbocycles. The van der Waals surface area contributed by atoms with Gasteiger partial charge < -0.3 is 0 Å². The van der Waals surface area contributed by atoms with Crippen LogP contribution in [-0.2, 0) is 22.4 Å². The molecule has 2 aromatic rings. The van der Waals surface area contributed by atoms with Crippen LogP contribution in [0, 0.1) is 0 Å². The molecule has 36 heavy (non-hydrogen) atoms. The Morgan fingerprint density at radius 3 is 1.53 bits per heavy atom. The van der Waals surface area contributed by atoms with E-state index in [2.05, 4.69) is 77.9 Å².